The van der Waals surface area contributed by atoms with Crippen LogP contribution in [0.3, 0.4) is 0 Å². The average molecular weight is 512 g/mol. The Labute approximate surface area is 191 Å². The Balaban J connectivity index is 1.96. The Morgan fingerprint density at radius 2 is 2.13 bits per heavy atom. The molecular formula is C21H26BrN3O5S. The van der Waals surface area contributed by atoms with Crippen molar-refractivity contribution in [1.82, 2.24) is 14.2 Å². The zero-order valence-corrected chi connectivity index (χ0v) is 20.0. The fourth-order valence-corrected chi connectivity index (χ4v) is 5.62. The first kappa shape index (κ1) is 23.6. The summed E-state index contributed by atoms with van der Waals surface area (Å²) in [4.78, 5) is 18.4. The predicted molar refractivity (Wildman–Crippen MR) is 119 cm³/mol. The highest BCUT2D eigenvalue weighted by atomic mass is 79.9. The first-order valence-corrected chi connectivity index (χ1v) is 12.1. The molecule has 1 aromatic carbocycles. The Morgan fingerprint density at radius 1 is 1.39 bits per heavy atom. The van der Waals surface area contributed by atoms with Crippen LogP contribution in [0.2, 0.25) is 0 Å². The monoisotopic (exact) mass is 511 g/mol. The minimum atomic E-state index is -3.88. The maximum Gasteiger partial charge on any atom is 0.272 e. The lowest BCUT2D eigenvalue weighted by atomic mass is 10.0. The van der Waals surface area contributed by atoms with E-state index in [1.54, 1.807) is 50.5 Å². The van der Waals surface area contributed by atoms with Crippen molar-refractivity contribution in [2.24, 2.45) is 5.92 Å². The predicted octanol–water partition coefficient (Wildman–Crippen LogP) is 2.38. The molecule has 0 fully saturated rings. The van der Waals surface area contributed by atoms with Crippen LogP contribution in [0.5, 0.6) is 5.75 Å². The second kappa shape index (κ2) is 9.64. The summed E-state index contributed by atoms with van der Waals surface area (Å²) in [5.41, 5.74) is 0.324. The first-order chi connectivity index (χ1) is 14.6. The number of halogens is 1. The van der Waals surface area contributed by atoms with E-state index in [0.717, 1.165) is 0 Å². The molecule has 0 saturated heterocycles. The van der Waals surface area contributed by atoms with E-state index in [-0.39, 0.29) is 42.2 Å². The molecule has 0 spiro atoms. The fraction of sp³-hybridized carbons (Fsp3) is 0.429. The van der Waals surface area contributed by atoms with Crippen LogP contribution < -0.4 is 4.74 Å². The number of aromatic nitrogens is 1. The molecule has 0 unspecified atom stereocenters. The largest absolute Gasteiger partial charge is 0.487 e. The zero-order chi connectivity index (χ0) is 22.8. The second-order valence-electron chi connectivity index (χ2n) is 7.73. The van der Waals surface area contributed by atoms with Gasteiger partial charge in [0.1, 0.15) is 22.4 Å². The SMILES string of the molecule is C[C@H](CO)N1C[C@H](C)[C@@H](CN(C)C(=O)c2ccccn2)Oc2cc(Br)ccc2S1(=O)=O. The number of likely N-dealkylation sites (N-methyl/N-ethyl adjacent to an activating group) is 1. The maximum atomic E-state index is 13.3. The molecule has 0 bridgehead atoms. The van der Waals surface area contributed by atoms with Gasteiger partial charge in [0.2, 0.25) is 10.0 Å². The van der Waals surface area contributed by atoms with Gasteiger partial charge in [-0.15, -0.1) is 0 Å². The molecule has 2 heterocycles. The van der Waals surface area contributed by atoms with Crippen molar-refractivity contribution in [3.63, 3.8) is 0 Å². The van der Waals surface area contributed by atoms with Gasteiger partial charge in [0.15, 0.2) is 0 Å². The molecular weight excluding hydrogens is 486 g/mol. The molecule has 1 aliphatic heterocycles. The van der Waals surface area contributed by atoms with Gasteiger partial charge in [0.05, 0.1) is 13.2 Å². The Morgan fingerprint density at radius 3 is 2.77 bits per heavy atom. The Kier molecular flexibility index (Phi) is 7.35. The van der Waals surface area contributed by atoms with Crippen molar-refractivity contribution in [3.05, 3.63) is 52.8 Å². The summed E-state index contributed by atoms with van der Waals surface area (Å²) in [6.45, 7) is 3.62. The lowest BCUT2D eigenvalue weighted by Gasteiger charge is -2.37. The van der Waals surface area contributed by atoms with Crippen molar-refractivity contribution in [1.29, 1.82) is 0 Å². The van der Waals surface area contributed by atoms with Crippen molar-refractivity contribution in [3.8, 4) is 5.75 Å². The number of ether oxygens (including phenoxy) is 1. The number of aliphatic hydroxyl groups is 1. The normalized spacial score (nSPS) is 21.8. The van der Waals surface area contributed by atoms with E-state index in [1.807, 2.05) is 6.92 Å². The number of fused-ring (bicyclic) bond motifs is 1. The maximum absolute atomic E-state index is 13.3. The molecule has 0 radical (unpaired) electrons. The van der Waals surface area contributed by atoms with Gasteiger partial charge >= 0.3 is 0 Å². The van der Waals surface area contributed by atoms with Crippen LogP contribution in [0, 0.1) is 5.92 Å². The molecule has 3 atom stereocenters. The van der Waals surface area contributed by atoms with E-state index < -0.39 is 22.2 Å². The summed E-state index contributed by atoms with van der Waals surface area (Å²) in [6, 6.07) is 9.26. The Hall–Kier alpha value is -2.01. The van der Waals surface area contributed by atoms with Crippen molar-refractivity contribution in [2.75, 3.05) is 26.7 Å². The summed E-state index contributed by atoms with van der Waals surface area (Å²) in [6.07, 6.45) is 1.08. The molecule has 1 aromatic heterocycles. The van der Waals surface area contributed by atoms with Crippen LogP contribution >= 0.6 is 15.9 Å². The third-order valence-electron chi connectivity index (χ3n) is 5.31. The van der Waals surface area contributed by atoms with Crippen LogP contribution in [0.1, 0.15) is 24.3 Å². The molecule has 0 aliphatic carbocycles. The number of sulfonamides is 1. The lowest BCUT2D eigenvalue weighted by Crippen LogP contribution is -2.50. The molecule has 168 valence electrons. The minimum absolute atomic E-state index is 0.0339. The van der Waals surface area contributed by atoms with E-state index in [9.17, 15) is 18.3 Å². The lowest BCUT2D eigenvalue weighted by molar-refractivity contribution is 0.0559. The summed E-state index contributed by atoms with van der Waals surface area (Å²) < 4.78 is 34.8. The third kappa shape index (κ3) is 5.08. The average Bonchev–Trinajstić information content (AvgIpc) is 2.75. The van der Waals surface area contributed by atoms with Gasteiger partial charge in [0.25, 0.3) is 5.91 Å². The van der Waals surface area contributed by atoms with Gasteiger partial charge in [-0.05, 0) is 37.3 Å². The molecule has 8 nitrogen and oxygen atoms in total. The van der Waals surface area contributed by atoms with Gasteiger partial charge < -0.3 is 14.7 Å². The number of carbonyl (C=O) groups is 1. The minimum Gasteiger partial charge on any atom is -0.487 e. The van der Waals surface area contributed by atoms with Crippen molar-refractivity contribution >= 4 is 31.9 Å². The van der Waals surface area contributed by atoms with Gasteiger partial charge in [-0.2, -0.15) is 4.31 Å². The number of nitrogens with zero attached hydrogens (tertiary/aromatic N) is 3. The number of amides is 1. The highest BCUT2D eigenvalue weighted by Crippen LogP contribution is 2.35. The first-order valence-electron chi connectivity index (χ1n) is 9.90. The quantitative estimate of drug-likeness (QED) is 0.661. The molecule has 10 heteroatoms. The Bertz CT molecular complexity index is 1030. The second-order valence-corrected chi connectivity index (χ2v) is 10.5. The topological polar surface area (TPSA) is 100 Å². The molecule has 1 amide bonds. The van der Waals surface area contributed by atoms with E-state index in [0.29, 0.717) is 10.2 Å². The number of carbonyl (C=O) groups excluding carboxylic acids is 1. The third-order valence-corrected chi connectivity index (χ3v) is 7.83. The molecule has 1 aliphatic rings. The standard InChI is InChI=1S/C21H26BrN3O5S/c1-14-11-25(15(2)13-26)31(28,29)20-8-7-16(22)10-18(20)30-19(14)12-24(3)21(27)17-6-4-5-9-23-17/h4-10,14-15,19,26H,11-13H2,1-3H3/t14-,15+,19+/m0/s1. The van der Waals surface area contributed by atoms with Crippen molar-refractivity contribution < 1.29 is 23.1 Å². The van der Waals surface area contributed by atoms with Crippen LogP contribution in [-0.2, 0) is 10.0 Å². The van der Waals surface area contributed by atoms with E-state index in [2.05, 4.69) is 20.9 Å². The summed E-state index contributed by atoms with van der Waals surface area (Å²) in [7, 11) is -2.21. The van der Waals surface area contributed by atoms with E-state index in [4.69, 9.17) is 4.74 Å². The number of hydrogen-bond acceptors (Lipinski definition) is 6. The summed E-state index contributed by atoms with van der Waals surface area (Å²) >= 11 is 3.37. The summed E-state index contributed by atoms with van der Waals surface area (Å²) in [5, 5.41) is 9.67. The highest BCUT2D eigenvalue weighted by Gasteiger charge is 2.38. The molecule has 31 heavy (non-hydrogen) atoms. The van der Waals surface area contributed by atoms with Gasteiger partial charge in [0, 0.05) is 36.2 Å². The summed E-state index contributed by atoms with van der Waals surface area (Å²) in [5.74, 6) is -0.296. The molecule has 0 saturated carbocycles. The van der Waals surface area contributed by atoms with Crippen LogP contribution in [0.25, 0.3) is 0 Å². The number of aliphatic hydroxyl groups excluding tert-OH is 1. The van der Waals surface area contributed by atoms with Crippen LogP contribution in [0.4, 0.5) is 0 Å². The van der Waals surface area contributed by atoms with Crippen molar-refractivity contribution in [2.45, 2.75) is 30.9 Å². The highest BCUT2D eigenvalue weighted by molar-refractivity contribution is 9.10. The number of rotatable bonds is 5. The zero-order valence-electron chi connectivity index (χ0n) is 17.6. The molecule has 3 rings (SSSR count). The molecule has 2 aromatic rings. The fourth-order valence-electron chi connectivity index (χ4n) is 3.45. The van der Waals surface area contributed by atoms with E-state index in [1.165, 1.54) is 15.3 Å². The smallest absolute Gasteiger partial charge is 0.272 e. The van der Waals surface area contributed by atoms with Gasteiger partial charge in [-0.25, -0.2) is 8.42 Å². The number of pyridine rings is 1. The molecule has 1 N–H and O–H groups in total. The van der Waals surface area contributed by atoms with Crippen LogP contribution in [-0.4, -0.2) is 72.5 Å². The van der Waals surface area contributed by atoms with Crippen LogP contribution in [0.15, 0.2) is 52.0 Å². The van der Waals surface area contributed by atoms with E-state index >= 15 is 0 Å². The van der Waals surface area contributed by atoms with Gasteiger partial charge in [-0.1, -0.05) is 28.9 Å². The van der Waals surface area contributed by atoms with Gasteiger partial charge in [-0.3, -0.25) is 9.78 Å². The number of hydrogen-bond donors (Lipinski definition) is 1. The number of benzene rings is 1.